The molecule has 4 heteroatoms. The van der Waals surface area contributed by atoms with Crippen molar-refractivity contribution in [3.63, 3.8) is 0 Å². The smallest absolute Gasteiger partial charge is 0.0615 e. The maximum Gasteiger partial charge on any atom is 0.0615 e. The molecule has 0 fully saturated rings. The first-order valence-corrected chi connectivity index (χ1v) is 7.25. The van der Waals surface area contributed by atoms with E-state index in [4.69, 9.17) is 4.74 Å². The van der Waals surface area contributed by atoms with E-state index in [-0.39, 0.29) is 0 Å². The third-order valence-electron chi connectivity index (χ3n) is 2.48. The Morgan fingerprint density at radius 2 is 2.31 bits per heavy atom. The molecule has 0 spiro atoms. The van der Waals surface area contributed by atoms with Gasteiger partial charge in [0.05, 0.1) is 6.61 Å². The summed E-state index contributed by atoms with van der Waals surface area (Å²) in [6.45, 7) is 6.07. The zero-order chi connectivity index (χ0) is 12.0. The molecule has 1 aromatic rings. The number of hydrogen-bond donors (Lipinski definition) is 1. The molecule has 0 aliphatic rings. The number of nitrogens with one attached hydrogen (secondary N) is 1. The van der Waals surface area contributed by atoms with Crippen LogP contribution in [0.5, 0.6) is 0 Å². The lowest BCUT2D eigenvalue weighted by atomic mass is 10.2. The van der Waals surface area contributed by atoms with Crippen LogP contribution in [0.2, 0.25) is 0 Å². The molecule has 0 amide bonds. The van der Waals surface area contributed by atoms with Gasteiger partial charge in [0.25, 0.3) is 0 Å². The third-order valence-corrected chi connectivity index (χ3v) is 4.61. The summed E-state index contributed by atoms with van der Waals surface area (Å²) < 4.78 is 6.42. The number of halogens is 1. The minimum absolute atomic E-state index is 0.469. The van der Waals surface area contributed by atoms with E-state index in [9.17, 15) is 0 Å². The highest BCUT2D eigenvalue weighted by Crippen LogP contribution is 2.26. The lowest BCUT2D eigenvalue weighted by Gasteiger charge is -2.16. The summed E-state index contributed by atoms with van der Waals surface area (Å²) in [5, 5.41) is 3.54. The quantitative estimate of drug-likeness (QED) is 0.829. The molecule has 0 aliphatic heterocycles. The summed E-state index contributed by atoms with van der Waals surface area (Å²) in [4.78, 5) is 2.72. The first-order valence-electron chi connectivity index (χ1n) is 5.64. The van der Waals surface area contributed by atoms with Crippen molar-refractivity contribution in [3.8, 4) is 0 Å². The first-order chi connectivity index (χ1) is 7.67. The number of hydrogen-bond acceptors (Lipinski definition) is 3. The van der Waals surface area contributed by atoms with Crippen molar-refractivity contribution in [1.82, 2.24) is 5.32 Å². The highest BCUT2D eigenvalue weighted by atomic mass is 79.9. The van der Waals surface area contributed by atoms with Crippen LogP contribution in [0.25, 0.3) is 0 Å². The molecular formula is C12H20BrNOS. The molecule has 1 N–H and O–H groups in total. The Labute approximate surface area is 111 Å². The minimum atomic E-state index is 0.469. The highest BCUT2D eigenvalue weighted by Gasteiger charge is 2.08. The van der Waals surface area contributed by atoms with E-state index in [1.807, 2.05) is 11.3 Å². The second-order valence-electron chi connectivity index (χ2n) is 3.94. The zero-order valence-electron chi connectivity index (χ0n) is 10.2. The molecule has 2 nitrogen and oxygen atoms in total. The molecular weight excluding hydrogens is 286 g/mol. The normalized spacial score (nSPS) is 13.0. The Morgan fingerprint density at radius 3 is 2.81 bits per heavy atom. The van der Waals surface area contributed by atoms with Gasteiger partial charge in [0.15, 0.2) is 0 Å². The molecule has 0 bridgehead atoms. The predicted octanol–water partition coefficient (Wildman–Crippen LogP) is 3.72. The molecule has 92 valence electrons. The lowest BCUT2D eigenvalue weighted by Crippen LogP contribution is -2.32. The molecule has 0 saturated heterocycles. The van der Waals surface area contributed by atoms with Crippen LogP contribution in [0.4, 0.5) is 0 Å². The fourth-order valence-electron chi connectivity index (χ4n) is 1.64. The van der Waals surface area contributed by atoms with Gasteiger partial charge in [-0.1, -0.05) is 13.3 Å². The van der Waals surface area contributed by atoms with Crippen LogP contribution < -0.4 is 5.32 Å². The molecule has 1 unspecified atom stereocenters. The molecule has 0 radical (unpaired) electrons. The van der Waals surface area contributed by atoms with Gasteiger partial charge in [0, 0.05) is 33.9 Å². The average molecular weight is 306 g/mol. The third kappa shape index (κ3) is 4.53. The van der Waals surface area contributed by atoms with Crippen molar-refractivity contribution in [1.29, 1.82) is 0 Å². The first kappa shape index (κ1) is 14.2. The summed E-state index contributed by atoms with van der Waals surface area (Å²) in [5.74, 6) is 0. The van der Waals surface area contributed by atoms with Crippen molar-refractivity contribution in [2.45, 2.75) is 39.3 Å². The van der Waals surface area contributed by atoms with Gasteiger partial charge in [0.1, 0.15) is 0 Å². The van der Waals surface area contributed by atoms with Crippen LogP contribution in [-0.4, -0.2) is 19.8 Å². The van der Waals surface area contributed by atoms with E-state index >= 15 is 0 Å². The van der Waals surface area contributed by atoms with Gasteiger partial charge in [-0.05, 0) is 35.3 Å². The predicted molar refractivity (Wildman–Crippen MR) is 74.2 cm³/mol. The van der Waals surface area contributed by atoms with Gasteiger partial charge in [0.2, 0.25) is 0 Å². The monoisotopic (exact) mass is 305 g/mol. The van der Waals surface area contributed by atoms with Crippen molar-refractivity contribution in [2.24, 2.45) is 0 Å². The van der Waals surface area contributed by atoms with E-state index in [2.05, 4.69) is 41.2 Å². The van der Waals surface area contributed by atoms with Crippen LogP contribution in [0.3, 0.4) is 0 Å². The Hall–Kier alpha value is 0.1000. The Morgan fingerprint density at radius 1 is 1.56 bits per heavy atom. The minimum Gasteiger partial charge on any atom is -0.383 e. The lowest BCUT2D eigenvalue weighted by molar-refractivity contribution is 0.161. The molecule has 1 heterocycles. The van der Waals surface area contributed by atoms with E-state index in [0.717, 1.165) is 13.2 Å². The van der Waals surface area contributed by atoms with E-state index < -0.39 is 0 Å². The zero-order valence-corrected chi connectivity index (χ0v) is 12.6. The van der Waals surface area contributed by atoms with Crippen molar-refractivity contribution in [2.75, 3.05) is 13.7 Å². The van der Waals surface area contributed by atoms with E-state index in [1.54, 1.807) is 7.11 Å². The number of ether oxygens (including phenoxy) is 1. The summed E-state index contributed by atoms with van der Waals surface area (Å²) in [6, 6.07) is 2.67. The van der Waals surface area contributed by atoms with Gasteiger partial charge in [-0.2, -0.15) is 0 Å². The Kier molecular flexibility index (Phi) is 6.58. The summed E-state index contributed by atoms with van der Waals surface area (Å²) in [7, 11) is 1.76. The fourth-order valence-corrected chi connectivity index (χ4v) is 3.20. The van der Waals surface area contributed by atoms with Gasteiger partial charge >= 0.3 is 0 Å². The largest absolute Gasteiger partial charge is 0.383 e. The van der Waals surface area contributed by atoms with E-state index in [1.165, 1.54) is 27.1 Å². The maximum absolute atomic E-state index is 5.21. The highest BCUT2D eigenvalue weighted by molar-refractivity contribution is 9.10. The summed E-state index contributed by atoms with van der Waals surface area (Å²) in [6.07, 6.45) is 2.35. The fraction of sp³-hybridized carbons (Fsp3) is 0.667. The molecule has 1 atom stereocenters. The number of rotatable bonds is 7. The topological polar surface area (TPSA) is 21.3 Å². The van der Waals surface area contributed by atoms with E-state index in [0.29, 0.717) is 6.04 Å². The van der Waals surface area contributed by atoms with Gasteiger partial charge < -0.3 is 10.1 Å². The van der Waals surface area contributed by atoms with Crippen LogP contribution in [-0.2, 0) is 11.3 Å². The van der Waals surface area contributed by atoms with Crippen molar-refractivity contribution in [3.05, 3.63) is 20.3 Å². The molecule has 1 rings (SSSR count). The molecule has 1 aromatic heterocycles. The number of thiophene rings is 1. The molecule has 0 aromatic carbocycles. The molecule has 0 aliphatic carbocycles. The number of methoxy groups -OCH3 is 1. The van der Waals surface area contributed by atoms with Crippen LogP contribution in [0.1, 0.15) is 29.5 Å². The summed E-state index contributed by atoms with van der Waals surface area (Å²) >= 11 is 5.38. The van der Waals surface area contributed by atoms with Crippen LogP contribution in [0, 0.1) is 6.92 Å². The summed E-state index contributed by atoms with van der Waals surface area (Å²) in [5.41, 5.74) is 0. The Bertz CT molecular complexity index is 288. The van der Waals surface area contributed by atoms with Gasteiger partial charge in [-0.25, -0.2) is 0 Å². The molecule has 16 heavy (non-hydrogen) atoms. The van der Waals surface area contributed by atoms with Crippen LogP contribution >= 0.6 is 27.3 Å². The second kappa shape index (κ2) is 7.43. The van der Waals surface area contributed by atoms with Crippen LogP contribution in [0.15, 0.2) is 10.5 Å². The average Bonchev–Trinajstić information content (AvgIpc) is 2.56. The van der Waals surface area contributed by atoms with Crippen molar-refractivity contribution >= 4 is 27.3 Å². The molecule has 0 saturated carbocycles. The number of aryl methyl sites for hydroxylation is 1. The Balaban J connectivity index is 2.41. The standard InChI is InChI=1S/C12H20BrNOS/c1-4-5-10(8-15-3)14-7-11-6-12(13)9(2)16-11/h6,10,14H,4-5,7-8H2,1-3H3. The van der Waals surface area contributed by atoms with Crippen molar-refractivity contribution < 1.29 is 4.74 Å². The second-order valence-corrected chi connectivity index (χ2v) is 6.13. The maximum atomic E-state index is 5.21. The SMILES string of the molecule is CCCC(COC)NCc1cc(Br)c(C)s1. The van der Waals surface area contributed by atoms with Gasteiger partial charge in [-0.15, -0.1) is 11.3 Å². The van der Waals surface area contributed by atoms with Gasteiger partial charge in [-0.3, -0.25) is 0 Å².